The van der Waals surface area contributed by atoms with Crippen molar-refractivity contribution in [3.63, 3.8) is 0 Å². The quantitative estimate of drug-likeness (QED) is 0.176. The van der Waals surface area contributed by atoms with E-state index in [1.54, 1.807) is 0 Å². The van der Waals surface area contributed by atoms with Crippen LogP contribution in [0.2, 0.25) is 0 Å². The van der Waals surface area contributed by atoms with E-state index in [9.17, 15) is 0 Å². The van der Waals surface area contributed by atoms with Gasteiger partial charge in [-0.3, -0.25) is 0 Å². The van der Waals surface area contributed by atoms with Gasteiger partial charge in [-0.1, -0.05) is 67.9 Å². The maximum Gasteiger partial charge on any atom is 0.0138 e. The van der Waals surface area contributed by atoms with Crippen LogP contribution in [0, 0.1) is 0 Å². The summed E-state index contributed by atoms with van der Waals surface area (Å²) in [6.45, 7) is 19.0. The SMILES string of the molecule is C1=CCCNCC1.C1=CCNC1.C1=CCNCC1.C1=CCNCCC1.C1CCCNCC1.C1CCNC1.C1CCNCC1.C1CNC1. The third-order valence-electron chi connectivity index (χ3n) is 8.23. The molecule has 0 atom stereocenters. The topological polar surface area (TPSA) is 96.2 Å². The smallest absolute Gasteiger partial charge is 0.0138 e. The average Bonchev–Trinajstić information content (AvgIpc) is 3.65. The number of rotatable bonds is 0. The molecule has 8 aliphatic heterocycles. The average molecular weight is 659 g/mol. The number of nitrogens with one attached hydrogen (secondary N) is 8. The molecule has 0 spiro atoms. The fourth-order valence-electron chi connectivity index (χ4n) is 5.03. The molecule has 0 amide bonds. The Morgan fingerprint density at radius 2 is 0.468 bits per heavy atom. The van der Waals surface area contributed by atoms with E-state index < -0.39 is 0 Å². The third kappa shape index (κ3) is 39.0. The van der Waals surface area contributed by atoms with Gasteiger partial charge in [-0.05, 0) is 156 Å². The second kappa shape index (κ2) is 40.8. The van der Waals surface area contributed by atoms with Gasteiger partial charge in [0.2, 0.25) is 0 Å². The van der Waals surface area contributed by atoms with E-state index >= 15 is 0 Å². The molecule has 0 bridgehead atoms. The third-order valence-corrected chi connectivity index (χ3v) is 8.23. The van der Waals surface area contributed by atoms with Crippen molar-refractivity contribution in [1.82, 2.24) is 42.5 Å². The molecule has 8 rings (SSSR count). The lowest BCUT2D eigenvalue weighted by atomic mass is 10.2. The van der Waals surface area contributed by atoms with Crippen molar-refractivity contribution in [3.05, 3.63) is 48.6 Å². The largest absolute Gasteiger partial charge is 0.317 e. The number of piperidine rings is 1. The highest BCUT2D eigenvalue weighted by Crippen LogP contribution is 2.01. The first kappa shape index (κ1) is 43.7. The van der Waals surface area contributed by atoms with Gasteiger partial charge in [0.1, 0.15) is 0 Å². The van der Waals surface area contributed by atoms with E-state index in [-0.39, 0.29) is 0 Å². The molecule has 274 valence electrons. The summed E-state index contributed by atoms with van der Waals surface area (Å²) >= 11 is 0. The van der Waals surface area contributed by atoms with Crippen molar-refractivity contribution < 1.29 is 0 Å². The molecule has 0 aliphatic carbocycles. The van der Waals surface area contributed by atoms with Gasteiger partial charge in [0.05, 0.1) is 0 Å². The molecule has 47 heavy (non-hydrogen) atoms. The van der Waals surface area contributed by atoms with E-state index in [4.69, 9.17) is 0 Å². The van der Waals surface area contributed by atoms with Crippen LogP contribution in [-0.2, 0) is 0 Å². The van der Waals surface area contributed by atoms with Crippen molar-refractivity contribution in [2.24, 2.45) is 0 Å². The summed E-state index contributed by atoms with van der Waals surface area (Å²) in [5, 5.41) is 25.8. The summed E-state index contributed by atoms with van der Waals surface area (Å²) in [6, 6.07) is 0. The van der Waals surface area contributed by atoms with Gasteiger partial charge in [-0.25, -0.2) is 0 Å². The monoisotopic (exact) mass is 659 g/mol. The van der Waals surface area contributed by atoms with Gasteiger partial charge >= 0.3 is 0 Å². The molecule has 0 aromatic heterocycles. The van der Waals surface area contributed by atoms with Gasteiger partial charge in [0.15, 0.2) is 0 Å². The van der Waals surface area contributed by atoms with Crippen molar-refractivity contribution in [1.29, 1.82) is 0 Å². The Morgan fingerprint density at radius 1 is 0.191 bits per heavy atom. The predicted octanol–water partition coefficient (Wildman–Crippen LogP) is 4.79. The fraction of sp³-hybridized carbons (Fsp3) is 0.795. The Bertz CT molecular complexity index is 604. The van der Waals surface area contributed by atoms with Crippen LogP contribution in [0.3, 0.4) is 0 Å². The lowest BCUT2D eigenvalue weighted by Crippen LogP contribution is -2.29. The van der Waals surface area contributed by atoms with Crippen molar-refractivity contribution in [3.8, 4) is 0 Å². The molecular formula is C39H78N8. The van der Waals surface area contributed by atoms with Crippen molar-refractivity contribution in [2.45, 2.75) is 96.3 Å². The maximum atomic E-state index is 3.35. The first-order valence-corrected chi connectivity index (χ1v) is 19.8. The number of hydrogen-bond donors (Lipinski definition) is 8. The number of allylic oxidation sites excluding steroid dienone is 1. The Morgan fingerprint density at radius 3 is 0.830 bits per heavy atom. The molecular weight excluding hydrogens is 580 g/mol. The maximum absolute atomic E-state index is 3.35. The van der Waals surface area contributed by atoms with Crippen LogP contribution in [-0.4, -0.2) is 105 Å². The minimum absolute atomic E-state index is 1.07. The van der Waals surface area contributed by atoms with Crippen LogP contribution in [0.15, 0.2) is 48.6 Å². The van der Waals surface area contributed by atoms with Crippen LogP contribution in [0.5, 0.6) is 0 Å². The molecule has 0 radical (unpaired) electrons. The van der Waals surface area contributed by atoms with Crippen LogP contribution in [0.4, 0.5) is 0 Å². The summed E-state index contributed by atoms with van der Waals surface area (Å²) in [5.41, 5.74) is 0. The Balaban J connectivity index is 0.000000270. The second-order valence-electron chi connectivity index (χ2n) is 12.7. The molecule has 8 heterocycles. The van der Waals surface area contributed by atoms with Crippen molar-refractivity contribution >= 4 is 0 Å². The summed E-state index contributed by atoms with van der Waals surface area (Å²) in [4.78, 5) is 0. The number of hydrogen-bond acceptors (Lipinski definition) is 8. The molecule has 0 aromatic rings. The Hall–Kier alpha value is -1.36. The highest BCUT2D eigenvalue weighted by Gasteiger charge is 1.95. The van der Waals surface area contributed by atoms with Gasteiger partial charge in [-0.15, -0.1) is 0 Å². The summed E-state index contributed by atoms with van der Waals surface area (Å²) in [5.74, 6) is 0. The van der Waals surface area contributed by atoms with Gasteiger partial charge in [-0.2, -0.15) is 0 Å². The molecule has 4 saturated heterocycles. The summed E-state index contributed by atoms with van der Waals surface area (Å²) in [6.07, 6.45) is 37.7. The van der Waals surface area contributed by atoms with E-state index in [1.165, 1.54) is 155 Å². The minimum Gasteiger partial charge on any atom is -0.317 e. The van der Waals surface area contributed by atoms with Gasteiger partial charge in [0, 0.05) is 26.2 Å². The zero-order valence-corrected chi connectivity index (χ0v) is 30.5. The lowest BCUT2D eigenvalue weighted by molar-refractivity contribution is 0.520. The fourth-order valence-corrected chi connectivity index (χ4v) is 5.03. The molecule has 4 fully saturated rings. The van der Waals surface area contributed by atoms with Crippen LogP contribution >= 0.6 is 0 Å². The van der Waals surface area contributed by atoms with E-state index in [2.05, 4.69) is 91.1 Å². The van der Waals surface area contributed by atoms with E-state index in [1.807, 2.05) is 0 Å². The first-order chi connectivity index (χ1) is 23.5. The highest BCUT2D eigenvalue weighted by atomic mass is 14.9. The van der Waals surface area contributed by atoms with E-state index in [0.717, 1.165) is 45.8 Å². The standard InChI is InChI=1S/C6H13N.2C6H11N.C5H11N.C5H9N.C4H9N.C4H7N.C3H7N/c3*1-2-4-6-7-5-3-1;2*1-2-4-6-5-3-1;2*1-2-4-5-3-1;1-2-4-3-1/h7H,1-6H2;1,3,7H,2,4-6H2;1-2,7H,3-6H2;6H,1-5H2;1-2,6H,3-5H2;5H,1-4H2;1-2,5H,3-4H2;4H,1-3H2. The summed E-state index contributed by atoms with van der Waals surface area (Å²) < 4.78 is 0. The van der Waals surface area contributed by atoms with Gasteiger partial charge in [0.25, 0.3) is 0 Å². The lowest BCUT2D eigenvalue weighted by Gasteiger charge is -2.09. The zero-order chi connectivity index (χ0) is 33.2. The molecule has 0 saturated carbocycles. The van der Waals surface area contributed by atoms with Crippen LogP contribution in [0.25, 0.3) is 0 Å². The molecule has 8 heteroatoms. The Labute approximate surface area is 291 Å². The van der Waals surface area contributed by atoms with Gasteiger partial charge < -0.3 is 42.5 Å². The zero-order valence-electron chi connectivity index (χ0n) is 30.5. The summed E-state index contributed by atoms with van der Waals surface area (Å²) in [7, 11) is 0. The normalized spacial score (nSPS) is 22.6. The van der Waals surface area contributed by atoms with Crippen LogP contribution in [0.1, 0.15) is 96.3 Å². The molecule has 8 nitrogen and oxygen atoms in total. The van der Waals surface area contributed by atoms with E-state index in [0.29, 0.717) is 0 Å². The highest BCUT2D eigenvalue weighted by molar-refractivity contribution is 4.92. The molecule has 0 aromatic carbocycles. The Kier molecular flexibility index (Phi) is 37.9. The second-order valence-corrected chi connectivity index (χ2v) is 12.7. The first-order valence-electron chi connectivity index (χ1n) is 19.8. The predicted molar refractivity (Wildman–Crippen MR) is 209 cm³/mol. The molecule has 8 N–H and O–H groups in total. The molecule has 0 unspecified atom stereocenters. The minimum atomic E-state index is 1.07. The van der Waals surface area contributed by atoms with Crippen LogP contribution < -0.4 is 42.5 Å². The molecule has 8 aliphatic rings. The van der Waals surface area contributed by atoms with Crippen molar-refractivity contribution in [2.75, 3.05) is 105 Å².